The highest BCUT2D eigenvalue weighted by molar-refractivity contribution is 9.10. The Morgan fingerprint density at radius 3 is 2.58 bits per heavy atom. The van der Waals surface area contributed by atoms with Gasteiger partial charge in [-0.1, -0.05) is 52.3 Å². The smallest absolute Gasteiger partial charge is 0.231 e. The third kappa shape index (κ3) is 3.33. The van der Waals surface area contributed by atoms with Crippen molar-refractivity contribution in [2.24, 2.45) is 0 Å². The van der Waals surface area contributed by atoms with E-state index in [1.807, 2.05) is 12.1 Å². The lowest BCUT2D eigenvalue weighted by Crippen LogP contribution is -2.49. The summed E-state index contributed by atoms with van der Waals surface area (Å²) in [6.07, 6.45) is 4.70. The molecule has 2 aromatic carbocycles. The van der Waals surface area contributed by atoms with Crippen molar-refractivity contribution in [2.75, 3.05) is 13.2 Å². The SMILES string of the molecule is O=C(NC1CCCc2ccccc21)C1(c2ccc(Br)cc2)CCOCC1. The minimum atomic E-state index is -0.495. The lowest BCUT2D eigenvalue weighted by Gasteiger charge is -2.38. The van der Waals surface area contributed by atoms with Gasteiger partial charge in [-0.25, -0.2) is 0 Å². The zero-order valence-electron chi connectivity index (χ0n) is 14.8. The number of fused-ring (bicyclic) bond motifs is 1. The highest BCUT2D eigenvalue weighted by Gasteiger charge is 2.42. The van der Waals surface area contributed by atoms with Gasteiger partial charge in [0, 0.05) is 17.7 Å². The molecule has 136 valence electrons. The largest absolute Gasteiger partial charge is 0.381 e. The molecule has 0 aromatic heterocycles. The van der Waals surface area contributed by atoms with Gasteiger partial charge in [0.05, 0.1) is 11.5 Å². The number of rotatable bonds is 3. The predicted molar refractivity (Wildman–Crippen MR) is 106 cm³/mol. The fourth-order valence-electron chi connectivity index (χ4n) is 4.34. The van der Waals surface area contributed by atoms with Crippen LogP contribution in [0.25, 0.3) is 0 Å². The average molecular weight is 414 g/mol. The molecule has 4 rings (SSSR count). The third-order valence-corrected chi connectivity index (χ3v) is 6.38. The second-order valence-corrected chi connectivity index (χ2v) is 8.23. The highest BCUT2D eigenvalue weighted by Crippen LogP contribution is 2.38. The quantitative estimate of drug-likeness (QED) is 0.792. The van der Waals surface area contributed by atoms with Crippen LogP contribution in [-0.4, -0.2) is 19.1 Å². The fraction of sp³-hybridized carbons (Fsp3) is 0.409. The summed E-state index contributed by atoms with van der Waals surface area (Å²) in [5.74, 6) is 0.143. The summed E-state index contributed by atoms with van der Waals surface area (Å²) >= 11 is 3.50. The second-order valence-electron chi connectivity index (χ2n) is 7.32. The Kier molecular flexibility index (Phi) is 5.14. The number of aryl methyl sites for hydroxylation is 1. The zero-order chi connectivity index (χ0) is 18.0. The minimum Gasteiger partial charge on any atom is -0.381 e. The number of amides is 1. The molecule has 1 aliphatic heterocycles. The monoisotopic (exact) mass is 413 g/mol. The topological polar surface area (TPSA) is 38.3 Å². The first-order valence-electron chi connectivity index (χ1n) is 9.42. The molecule has 0 bridgehead atoms. The van der Waals surface area contributed by atoms with E-state index in [-0.39, 0.29) is 11.9 Å². The second kappa shape index (κ2) is 7.53. The number of hydrogen-bond acceptors (Lipinski definition) is 2. The molecule has 1 aliphatic carbocycles. The van der Waals surface area contributed by atoms with Crippen LogP contribution in [0.4, 0.5) is 0 Å². The van der Waals surface area contributed by atoms with Gasteiger partial charge in [0.15, 0.2) is 0 Å². The van der Waals surface area contributed by atoms with E-state index in [1.165, 1.54) is 11.1 Å². The molecule has 0 saturated carbocycles. The molecular weight excluding hydrogens is 390 g/mol. The first-order chi connectivity index (χ1) is 12.7. The van der Waals surface area contributed by atoms with Crippen LogP contribution in [0.1, 0.15) is 48.4 Å². The Labute approximate surface area is 163 Å². The standard InChI is InChI=1S/C22H24BrNO2/c23-18-10-8-17(9-11-18)22(12-14-26-15-13-22)21(25)24-20-7-3-5-16-4-1-2-6-19(16)20/h1-2,4,6,8-11,20H,3,5,7,12-15H2,(H,24,25). The van der Waals surface area contributed by atoms with E-state index in [0.717, 1.165) is 42.1 Å². The van der Waals surface area contributed by atoms with Crippen LogP contribution in [-0.2, 0) is 21.4 Å². The Bertz CT molecular complexity index is 781. The summed E-state index contributed by atoms with van der Waals surface area (Å²) in [4.78, 5) is 13.5. The predicted octanol–water partition coefficient (Wildman–Crippen LogP) is 4.69. The third-order valence-electron chi connectivity index (χ3n) is 5.85. The molecule has 1 fully saturated rings. The Morgan fingerprint density at radius 1 is 1.08 bits per heavy atom. The molecule has 26 heavy (non-hydrogen) atoms. The van der Waals surface area contributed by atoms with Crippen molar-refractivity contribution in [1.82, 2.24) is 5.32 Å². The van der Waals surface area contributed by atoms with Crippen LogP contribution in [0.2, 0.25) is 0 Å². The fourth-order valence-corrected chi connectivity index (χ4v) is 4.60. The number of carbonyl (C=O) groups excluding carboxylic acids is 1. The van der Waals surface area contributed by atoms with E-state index in [9.17, 15) is 4.79 Å². The summed E-state index contributed by atoms with van der Waals surface area (Å²) in [6, 6.07) is 16.8. The van der Waals surface area contributed by atoms with Crippen molar-refractivity contribution < 1.29 is 9.53 Å². The first-order valence-corrected chi connectivity index (χ1v) is 10.2. The summed E-state index contributed by atoms with van der Waals surface area (Å²) in [5, 5.41) is 3.39. The number of ether oxygens (including phenoxy) is 1. The number of hydrogen-bond donors (Lipinski definition) is 1. The number of benzene rings is 2. The molecule has 1 saturated heterocycles. The van der Waals surface area contributed by atoms with Crippen molar-refractivity contribution in [3.05, 3.63) is 69.7 Å². The maximum absolute atomic E-state index is 13.5. The van der Waals surface area contributed by atoms with Gasteiger partial charge in [-0.05, 0) is 60.9 Å². The average Bonchev–Trinajstić information content (AvgIpc) is 2.69. The van der Waals surface area contributed by atoms with E-state index in [1.54, 1.807) is 0 Å². The Morgan fingerprint density at radius 2 is 1.81 bits per heavy atom. The van der Waals surface area contributed by atoms with Crippen molar-refractivity contribution in [3.63, 3.8) is 0 Å². The van der Waals surface area contributed by atoms with Crippen LogP contribution in [0.5, 0.6) is 0 Å². The van der Waals surface area contributed by atoms with E-state index in [4.69, 9.17) is 4.74 Å². The summed E-state index contributed by atoms with van der Waals surface area (Å²) in [5.41, 5.74) is 3.25. The molecule has 0 radical (unpaired) electrons. The number of nitrogens with one attached hydrogen (secondary N) is 1. The van der Waals surface area contributed by atoms with Gasteiger partial charge in [-0.2, -0.15) is 0 Å². The molecular formula is C22H24BrNO2. The Balaban J connectivity index is 1.63. The van der Waals surface area contributed by atoms with Crippen LogP contribution in [0.3, 0.4) is 0 Å². The maximum atomic E-state index is 13.5. The Hall–Kier alpha value is -1.65. The molecule has 4 heteroatoms. The van der Waals surface area contributed by atoms with E-state index in [0.29, 0.717) is 13.2 Å². The van der Waals surface area contributed by atoms with E-state index < -0.39 is 5.41 Å². The molecule has 1 amide bonds. The van der Waals surface area contributed by atoms with Gasteiger partial charge in [-0.15, -0.1) is 0 Å². The molecule has 1 unspecified atom stereocenters. The van der Waals surface area contributed by atoms with Crippen molar-refractivity contribution in [2.45, 2.75) is 43.6 Å². The van der Waals surface area contributed by atoms with Gasteiger partial charge < -0.3 is 10.1 Å². The normalized spacial score (nSPS) is 21.7. The van der Waals surface area contributed by atoms with Crippen LogP contribution in [0.15, 0.2) is 53.0 Å². The van der Waals surface area contributed by atoms with Gasteiger partial charge in [0.25, 0.3) is 0 Å². The molecule has 0 spiro atoms. The molecule has 2 aliphatic rings. The first kappa shape index (κ1) is 17.7. The summed E-state index contributed by atoms with van der Waals surface area (Å²) < 4.78 is 6.61. The van der Waals surface area contributed by atoms with Crippen LogP contribution >= 0.6 is 15.9 Å². The van der Waals surface area contributed by atoms with Gasteiger partial charge in [0.1, 0.15) is 0 Å². The minimum absolute atomic E-state index is 0.114. The lowest BCUT2D eigenvalue weighted by atomic mass is 9.73. The molecule has 1 atom stereocenters. The van der Waals surface area contributed by atoms with Gasteiger partial charge >= 0.3 is 0 Å². The maximum Gasteiger partial charge on any atom is 0.231 e. The zero-order valence-corrected chi connectivity index (χ0v) is 16.4. The molecule has 2 aromatic rings. The van der Waals surface area contributed by atoms with Gasteiger partial charge in [0.2, 0.25) is 5.91 Å². The number of halogens is 1. The van der Waals surface area contributed by atoms with Crippen molar-refractivity contribution >= 4 is 21.8 Å². The molecule has 1 N–H and O–H groups in total. The van der Waals surface area contributed by atoms with E-state index in [2.05, 4.69) is 57.6 Å². The van der Waals surface area contributed by atoms with E-state index >= 15 is 0 Å². The lowest BCUT2D eigenvalue weighted by molar-refractivity contribution is -0.131. The molecule has 3 nitrogen and oxygen atoms in total. The summed E-state index contributed by atoms with van der Waals surface area (Å²) in [6.45, 7) is 1.26. The summed E-state index contributed by atoms with van der Waals surface area (Å²) in [7, 11) is 0. The number of carbonyl (C=O) groups is 1. The van der Waals surface area contributed by atoms with Crippen molar-refractivity contribution in [1.29, 1.82) is 0 Å². The highest BCUT2D eigenvalue weighted by atomic mass is 79.9. The molecule has 1 heterocycles. The van der Waals surface area contributed by atoms with Gasteiger partial charge in [-0.3, -0.25) is 4.79 Å². The van der Waals surface area contributed by atoms with Crippen LogP contribution < -0.4 is 5.32 Å². The van der Waals surface area contributed by atoms with Crippen molar-refractivity contribution in [3.8, 4) is 0 Å². The van der Waals surface area contributed by atoms with Crippen LogP contribution in [0, 0.1) is 0 Å².